The molecule has 0 bridgehead atoms. The van der Waals surface area contributed by atoms with Crippen molar-refractivity contribution in [2.45, 2.75) is 39.3 Å². The summed E-state index contributed by atoms with van der Waals surface area (Å²) in [4.78, 5) is 19.8. The minimum atomic E-state index is -0.320. The van der Waals surface area contributed by atoms with Crippen LogP contribution >= 0.6 is 11.3 Å². The second kappa shape index (κ2) is 9.42. The van der Waals surface area contributed by atoms with Crippen molar-refractivity contribution < 1.29 is 9.18 Å². The molecule has 0 aliphatic carbocycles. The predicted octanol–water partition coefficient (Wildman–Crippen LogP) is 5.12. The molecular weight excluding hydrogens is 451 g/mol. The van der Waals surface area contributed by atoms with Crippen LogP contribution in [0, 0.1) is 5.82 Å². The number of amides is 1. The molecule has 2 aromatic carbocycles. The van der Waals surface area contributed by atoms with E-state index in [9.17, 15) is 9.18 Å². The zero-order valence-electron chi connectivity index (χ0n) is 20.0. The molecule has 4 aromatic rings. The zero-order valence-corrected chi connectivity index (χ0v) is 20.8. The second-order valence-corrected chi connectivity index (χ2v) is 10.3. The third-order valence-electron chi connectivity index (χ3n) is 5.17. The molecule has 178 valence electrons. The number of likely N-dealkylation sites (N-methyl/N-ethyl adjacent to an activating group) is 1. The van der Waals surface area contributed by atoms with Gasteiger partial charge in [-0.15, -0.1) is 5.10 Å². The first-order valence-electron chi connectivity index (χ1n) is 11.1. The topological polar surface area (TPSA) is 74.6 Å². The Morgan fingerprint density at radius 1 is 1.18 bits per heavy atom. The second-order valence-electron chi connectivity index (χ2n) is 9.33. The van der Waals surface area contributed by atoms with Crippen LogP contribution in [-0.2, 0) is 4.79 Å². The van der Waals surface area contributed by atoms with Crippen LogP contribution in [0.25, 0.3) is 16.2 Å². The van der Waals surface area contributed by atoms with E-state index < -0.39 is 0 Å². The fourth-order valence-corrected chi connectivity index (χ4v) is 4.45. The van der Waals surface area contributed by atoms with Gasteiger partial charge in [0.1, 0.15) is 11.5 Å². The molecule has 9 heteroatoms. The Labute approximate surface area is 202 Å². The smallest absolute Gasteiger partial charge is 0.240 e. The standard InChI is InChI=1S/C25H29FN6OS/c1-16(17-10-7-6-8-11-17)27-20(33)15-31(5)24-30-32-22(29-25(2,3)4)21(28-23(32)34-24)18-12-9-13-19(26)14-18/h6-14,16,29H,15H2,1-5H3,(H,27,33)/t16-/m0/s1. The van der Waals surface area contributed by atoms with Crippen molar-refractivity contribution in [1.82, 2.24) is 19.9 Å². The fraction of sp³-hybridized carbons (Fsp3) is 0.320. The Morgan fingerprint density at radius 2 is 1.91 bits per heavy atom. The molecule has 0 aliphatic heterocycles. The molecule has 0 saturated carbocycles. The Kier molecular flexibility index (Phi) is 6.56. The summed E-state index contributed by atoms with van der Waals surface area (Å²) in [6.45, 7) is 8.24. The number of aromatic nitrogens is 3. The first-order valence-corrected chi connectivity index (χ1v) is 11.9. The van der Waals surface area contributed by atoms with E-state index >= 15 is 0 Å². The molecule has 0 aliphatic rings. The van der Waals surface area contributed by atoms with Crippen molar-refractivity contribution in [1.29, 1.82) is 0 Å². The summed E-state index contributed by atoms with van der Waals surface area (Å²) in [5, 5.41) is 11.9. The largest absolute Gasteiger partial charge is 0.364 e. The van der Waals surface area contributed by atoms with E-state index in [0.717, 1.165) is 5.56 Å². The maximum atomic E-state index is 13.9. The fourth-order valence-electron chi connectivity index (χ4n) is 3.59. The average molecular weight is 481 g/mol. The van der Waals surface area contributed by atoms with E-state index in [1.807, 2.05) is 71.1 Å². The number of halogens is 1. The first kappa shape index (κ1) is 23.7. The van der Waals surface area contributed by atoms with E-state index in [1.165, 1.54) is 23.5 Å². The van der Waals surface area contributed by atoms with E-state index in [2.05, 4.69) is 10.6 Å². The van der Waals surface area contributed by atoms with Crippen LogP contribution in [0.15, 0.2) is 54.6 Å². The van der Waals surface area contributed by atoms with Gasteiger partial charge in [0, 0.05) is 18.2 Å². The van der Waals surface area contributed by atoms with Gasteiger partial charge in [0.2, 0.25) is 16.0 Å². The van der Waals surface area contributed by atoms with Gasteiger partial charge in [0.05, 0.1) is 12.6 Å². The maximum absolute atomic E-state index is 13.9. The van der Waals surface area contributed by atoms with E-state index in [4.69, 9.17) is 10.1 Å². The minimum absolute atomic E-state index is 0.0906. The van der Waals surface area contributed by atoms with Crippen LogP contribution in [0.4, 0.5) is 15.3 Å². The molecule has 0 fully saturated rings. The molecule has 4 rings (SSSR count). The van der Waals surface area contributed by atoms with Crippen molar-refractivity contribution in [2.24, 2.45) is 0 Å². The van der Waals surface area contributed by atoms with Gasteiger partial charge >= 0.3 is 0 Å². The number of rotatable bonds is 7. The lowest BCUT2D eigenvalue weighted by Gasteiger charge is -2.22. The molecule has 2 N–H and O–H groups in total. The van der Waals surface area contributed by atoms with E-state index in [-0.39, 0.29) is 29.8 Å². The molecule has 0 radical (unpaired) electrons. The Balaban J connectivity index is 1.57. The summed E-state index contributed by atoms with van der Waals surface area (Å²) in [5.41, 5.74) is 2.10. The number of anilines is 2. The lowest BCUT2D eigenvalue weighted by molar-refractivity contribution is -0.120. The van der Waals surface area contributed by atoms with Gasteiger partial charge in [-0.2, -0.15) is 4.52 Å². The summed E-state index contributed by atoms with van der Waals surface area (Å²) in [6.07, 6.45) is 0. The molecule has 2 heterocycles. The van der Waals surface area contributed by atoms with Gasteiger partial charge in [0.15, 0.2) is 5.82 Å². The Hall–Kier alpha value is -3.46. The summed E-state index contributed by atoms with van der Waals surface area (Å²) >= 11 is 1.38. The van der Waals surface area contributed by atoms with Crippen LogP contribution in [-0.4, -0.2) is 39.6 Å². The number of hydrogen-bond donors (Lipinski definition) is 2. The summed E-state index contributed by atoms with van der Waals surface area (Å²) in [6, 6.07) is 16.1. The first-order chi connectivity index (χ1) is 16.1. The highest BCUT2D eigenvalue weighted by molar-refractivity contribution is 7.20. The highest BCUT2D eigenvalue weighted by Crippen LogP contribution is 2.34. The SMILES string of the molecule is C[C@H](NC(=O)CN(C)c1nn2c(NC(C)(C)C)c(-c3cccc(F)c3)nc2s1)c1ccccc1. The highest BCUT2D eigenvalue weighted by atomic mass is 32.1. The van der Waals surface area contributed by atoms with Gasteiger partial charge in [-0.3, -0.25) is 4.79 Å². The zero-order chi connectivity index (χ0) is 24.5. The molecule has 1 amide bonds. The van der Waals surface area contributed by atoms with Crippen molar-refractivity contribution in [3.05, 3.63) is 66.0 Å². The third-order valence-corrected chi connectivity index (χ3v) is 6.19. The molecule has 2 aromatic heterocycles. The number of nitrogens with zero attached hydrogens (tertiary/aromatic N) is 4. The van der Waals surface area contributed by atoms with Crippen LogP contribution in [0.5, 0.6) is 0 Å². The Morgan fingerprint density at radius 3 is 2.59 bits per heavy atom. The molecule has 0 saturated heterocycles. The van der Waals surface area contributed by atoms with E-state index in [1.54, 1.807) is 15.5 Å². The summed E-state index contributed by atoms with van der Waals surface area (Å²) < 4.78 is 15.6. The van der Waals surface area contributed by atoms with Gasteiger partial charge in [0.25, 0.3) is 0 Å². The number of fused-ring (bicyclic) bond motifs is 1. The van der Waals surface area contributed by atoms with Crippen LogP contribution in [0.1, 0.15) is 39.3 Å². The average Bonchev–Trinajstić information content (AvgIpc) is 3.33. The van der Waals surface area contributed by atoms with Crippen molar-refractivity contribution in [3.8, 4) is 11.3 Å². The number of hydrogen-bond acceptors (Lipinski definition) is 6. The van der Waals surface area contributed by atoms with Gasteiger partial charge < -0.3 is 15.5 Å². The normalized spacial score (nSPS) is 12.5. The lowest BCUT2D eigenvalue weighted by Crippen LogP contribution is -2.36. The van der Waals surface area contributed by atoms with E-state index in [0.29, 0.717) is 27.2 Å². The molecule has 0 unspecified atom stereocenters. The maximum Gasteiger partial charge on any atom is 0.240 e. The number of carbonyl (C=O) groups excluding carboxylic acids is 1. The highest BCUT2D eigenvalue weighted by Gasteiger charge is 2.23. The van der Waals surface area contributed by atoms with Crippen molar-refractivity contribution in [2.75, 3.05) is 23.8 Å². The van der Waals surface area contributed by atoms with Crippen LogP contribution < -0.4 is 15.5 Å². The van der Waals surface area contributed by atoms with Crippen LogP contribution in [0.3, 0.4) is 0 Å². The number of nitrogens with one attached hydrogen (secondary N) is 2. The van der Waals surface area contributed by atoms with Gasteiger partial charge in [-0.05, 0) is 45.4 Å². The lowest BCUT2D eigenvalue weighted by atomic mass is 10.1. The third kappa shape index (κ3) is 5.36. The van der Waals surface area contributed by atoms with Crippen molar-refractivity contribution >= 4 is 33.2 Å². The van der Waals surface area contributed by atoms with Gasteiger partial charge in [-0.1, -0.05) is 53.8 Å². The number of imidazole rings is 1. The molecule has 7 nitrogen and oxygen atoms in total. The van der Waals surface area contributed by atoms with Crippen molar-refractivity contribution in [3.63, 3.8) is 0 Å². The molecular formula is C25H29FN6OS. The molecule has 1 atom stereocenters. The molecule has 34 heavy (non-hydrogen) atoms. The number of carbonyl (C=O) groups is 1. The summed E-state index contributed by atoms with van der Waals surface area (Å²) in [5.74, 6) is 0.269. The quantitative estimate of drug-likeness (QED) is 0.384. The summed E-state index contributed by atoms with van der Waals surface area (Å²) in [7, 11) is 1.83. The Bertz CT molecular complexity index is 1290. The monoisotopic (exact) mass is 480 g/mol. The number of benzene rings is 2. The van der Waals surface area contributed by atoms with Crippen LogP contribution in [0.2, 0.25) is 0 Å². The van der Waals surface area contributed by atoms with Gasteiger partial charge in [-0.25, -0.2) is 9.37 Å². The molecule has 0 spiro atoms. The minimum Gasteiger partial charge on any atom is -0.364 e. The predicted molar refractivity (Wildman–Crippen MR) is 136 cm³/mol.